The van der Waals surface area contributed by atoms with Gasteiger partial charge in [-0.2, -0.15) is 0 Å². The van der Waals surface area contributed by atoms with Gasteiger partial charge in [0, 0.05) is 28.4 Å². The Labute approximate surface area is 166 Å². The summed E-state index contributed by atoms with van der Waals surface area (Å²) in [6.07, 6.45) is 1.91. The second kappa shape index (κ2) is 8.08. The number of ether oxygens (including phenoxy) is 2. The predicted molar refractivity (Wildman–Crippen MR) is 109 cm³/mol. The maximum Gasteiger partial charge on any atom is 0.324 e. The van der Waals surface area contributed by atoms with Crippen LogP contribution < -0.4 is 10.1 Å². The van der Waals surface area contributed by atoms with Crippen LogP contribution in [-0.2, 0) is 9.53 Å². The van der Waals surface area contributed by atoms with E-state index in [1.807, 2.05) is 24.4 Å². The van der Waals surface area contributed by atoms with E-state index in [1.54, 1.807) is 43.1 Å². The number of carbonyl (C=O) groups excluding carboxylic acids is 2. The van der Waals surface area contributed by atoms with E-state index < -0.39 is 12.0 Å². The number of H-pyrrole nitrogens is 1. The summed E-state index contributed by atoms with van der Waals surface area (Å²) >= 11 is 1.66. The lowest BCUT2D eigenvalue weighted by Gasteiger charge is -2.14. The molecule has 6 nitrogen and oxygen atoms in total. The quantitative estimate of drug-likeness (QED) is 0.492. The molecule has 0 aliphatic carbocycles. The van der Waals surface area contributed by atoms with E-state index in [9.17, 15) is 9.59 Å². The van der Waals surface area contributed by atoms with Crippen molar-refractivity contribution in [1.82, 2.24) is 10.3 Å². The molecule has 1 aliphatic heterocycles. The van der Waals surface area contributed by atoms with Crippen molar-refractivity contribution in [2.24, 2.45) is 0 Å². The molecule has 2 heterocycles. The number of rotatable bonds is 6. The molecular weight excluding hydrogens is 376 g/mol. The fraction of sp³-hybridized carbons (Fsp3) is 0.238. The number of hydrogen-bond acceptors (Lipinski definition) is 6. The van der Waals surface area contributed by atoms with Crippen LogP contribution in [0.1, 0.15) is 21.3 Å². The molecule has 2 unspecified atom stereocenters. The number of methoxy groups -OCH3 is 1. The number of nitrogens with one attached hydrogen (secondary N) is 2. The average Bonchev–Trinajstić information content (AvgIpc) is 3.41. The van der Waals surface area contributed by atoms with Gasteiger partial charge in [0.15, 0.2) is 12.4 Å². The number of Topliss-reactive ketones (excluding diaryl/α,β-unsaturated/α-hetero) is 1. The first-order chi connectivity index (χ1) is 13.7. The van der Waals surface area contributed by atoms with Gasteiger partial charge in [-0.3, -0.25) is 14.9 Å². The topological polar surface area (TPSA) is 80.4 Å². The highest BCUT2D eigenvalue weighted by Crippen LogP contribution is 2.36. The second-order valence-electron chi connectivity index (χ2n) is 6.48. The normalized spacial score (nSPS) is 18.9. The summed E-state index contributed by atoms with van der Waals surface area (Å²) in [4.78, 5) is 27.8. The fourth-order valence-corrected chi connectivity index (χ4v) is 4.49. The number of thioether (sulfide) groups is 1. The summed E-state index contributed by atoms with van der Waals surface area (Å²) in [6.45, 7) is -0.272. The number of esters is 1. The lowest BCUT2D eigenvalue weighted by Crippen LogP contribution is -2.36. The highest BCUT2D eigenvalue weighted by Gasteiger charge is 2.32. The van der Waals surface area contributed by atoms with Gasteiger partial charge in [-0.15, -0.1) is 11.8 Å². The summed E-state index contributed by atoms with van der Waals surface area (Å²) in [7, 11) is 1.56. The summed E-state index contributed by atoms with van der Waals surface area (Å²) in [5.74, 6) is 0.624. The molecule has 0 saturated carbocycles. The molecule has 28 heavy (non-hydrogen) atoms. The van der Waals surface area contributed by atoms with Gasteiger partial charge in [-0.05, 0) is 42.0 Å². The Hall–Kier alpha value is -2.77. The maximum absolute atomic E-state index is 12.4. The van der Waals surface area contributed by atoms with Crippen molar-refractivity contribution in [3.05, 3.63) is 65.9 Å². The molecule has 1 saturated heterocycles. The lowest BCUT2D eigenvalue weighted by atomic mass is 10.1. The zero-order valence-electron chi connectivity index (χ0n) is 15.3. The van der Waals surface area contributed by atoms with E-state index in [1.165, 1.54) is 0 Å². The van der Waals surface area contributed by atoms with Crippen molar-refractivity contribution in [3.8, 4) is 5.75 Å². The van der Waals surface area contributed by atoms with Gasteiger partial charge in [0.05, 0.1) is 12.5 Å². The Kier molecular flexibility index (Phi) is 5.36. The number of fused-ring (bicyclic) bond motifs is 1. The molecule has 0 spiro atoms. The van der Waals surface area contributed by atoms with Crippen LogP contribution in [-0.4, -0.2) is 42.2 Å². The first-order valence-electron chi connectivity index (χ1n) is 8.93. The fourth-order valence-electron chi connectivity index (χ4n) is 3.22. The van der Waals surface area contributed by atoms with E-state index in [4.69, 9.17) is 9.47 Å². The SMILES string of the molecule is COc1ccc(C(=O)COC(=O)C2CSC(c3cccc4[nH]ccc34)N2)cc1. The number of benzene rings is 2. The van der Waals surface area contributed by atoms with E-state index in [0.29, 0.717) is 17.1 Å². The van der Waals surface area contributed by atoms with Gasteiger partial charge in [-0.1, -0.05) is 12.1 Å². The Morgan fingerprint density at radius 3 is 2.75 bits per heavy atom. The molecule has 1 fully saturated rings. The highest BCUT2D eigenvalue weighted by molar-refractivity contribution is 7.99. The van der Waals surface area contributed by atoms with Gasteiger partial charge in [0.1, 0.15) is 11.8 Å². The monoisotopic (exact) mass is 396 g/mol. The van der Waals surface area contributed by atoms with Crippen LogP contribution in [0.25, 0.3) is 10.9 Å². The Bertz CT molecular complexity index is 999. The number of hydrogen-bond donors (Lipinski definition) is 2. The Morgan fingerprint density at radius 2 is 1.96 bits per heavy atom. The number of aromatic nitrogens is 1. The largest absolute Gasteiger partial charge is 0.497 e. The van der Waals surface area contributed by atoms with Crippen molar-refractivity contribution < 1.29 is 19.1 Å². The second-order valence-corrected chi connectivity index (χ2v) is 7.62. The predicted octanol–water partition coefficient (Wildman–Crippen LogP) is 3.31. The van der Waals surface area contributed by atoms with Crippen LogP contribution in [0.3, 0.4) is 0 Å². The van der Waals surface area contributed by atoms with Crippen LogP contribution >= 0.6 is 11.8 Å². The molecule has 0 amide bonds. The van der Waals surface area contributed by atoms with Crippen molar-refractivity contribution in [2.45, 2.75) is 11.4 Å². The number of aromatic amines is 1. The van der Waals surface area contributed by atoms with Gasteiger partial charge in [0.2, 0.25) is 0 Å². The molecule has 2 N–H and O–H groups in total. The summed E-state index contributed by atoms with van der Waals surface area (Å²) in [5.41, 5.74) is 2.68. The van der Waals surface area contributed by atoms with Crippen molar-refractivity contribution >= 4 is 34.4 Å². The average molecular weight is 396 g/mol. The van der Waals surface area contributed by atoms with Gasteiger partial charge < -0.3 is 14.5 Å². The first-order valence-corrected chi connectivity index (χ1v) is 9.98. The first kappa shape index (κ1) is 18.6. The van der Waals surface area contributed by atoms with E-state index in [-0.39, 0.29) is 17.8 Å². The highest BCUT2D eigenvalue weighted by atomic mass is 32.2. The van der Waals surface area contributed by atoms with Crippen molar-refractivity contribution in [2.75, 3.05) is 19.5 Å². The molecule has 0 bridgehead atoms. The van der Waals surface area contributed by atoms with Crippen LogP contribution in [0.5, 0.6) is 5.75 Å². The summed E-state index contributed by atoms with van der Waals surface area (Å²) in [6, 6.07) is 14.4. The minimum Gasteiger partial charge on any atom is -0.497 e. The standard InChI is InChI=1S/C21H20N2O4S/c1-26-14-7-5-13(6-8-14)19(24)11-27-21(25)18-12-28-20(23-18)16-3-2-4-17-15(16)9-10-22-17/h2-10,18,20,22-23H,11-12H2,1H3. The zero-order chi connectivity index (χ0) is 19.5. The minimum atomic E-state index is -0.437. The van der Waals surface area contributed by atoms with Crippen molar-refractivity contribution in [3.63, 3.8) is 0 Å². The smallest absolute Gasteiger partial charge is 0.324 e. The summed E-state index contributed by atoms with van der Waals surface area (Å²) < 4.78 is 10.3. The van der Waals surface area contributed by atoms with Gasteiger partial charge in [-0.25, -0.2) is 0 Å². The molecule has 2 atom stereocenters. The van der Waals surface area contributed by atoms with E-state index >= 15 is 0 Å². The van der Waals surface area contributed by atoms with Crippen LogP contribution in [0.2, 0.25) is 0 Å². The van der Waals surface area contributed by atoms with Crippen LogP contribution in [0.4, 0.5) is 0 Å². The molecule has 2 aromatic carbocycles. The molecular formula is C21H20N2O4S. The third-order valence-corrected chi connectivity index (χ3v) is 5.98. The molecule has 3 aromatic rings. The Morgan fingerprint density at radius 1 is 1.14 bits per heavy atom. The maximum atomic E-state index is 12.4. The minimum absolute atomic E-state index is 0.00865. The molecule has 1 aliphatic rings. The zero-order valence-corrected chi connectivity index (χ0v) is 16.1. The van der Waals surface area contributed by atoms with Crippen LogP contribution in [0, 0.1) is 0 Å². The Balaban J connectivity index is 1.34. The molecule has 7 heteroatoms. The molecule has 4 rings (SSSR count). The third-order valence-electron chi connectivity index (χ3n) is 4.74. The van der Waals surface area contributed by atoms with Gasteiger partial charge >= 0.3 is 5.97 Å². The third kappa shape index (κ3) is 3.76. The molecule has 144 valence electrons. The number of carbonyl (C=O) groups is 2. The number of ketones is 1. The molecule has 0 radical (unpaired) electrons. The van der Waals surface area contributed by atoms with E-state index in [0.717, 1.165) is 16.5 Å². The molecule has 1 aromatic heterocycles. The van der Waals surface area contributed by atoms with Crippen LogP contribution in [0.15, 0.2) is 54.7 Å². The summed E-state index contributed by atoms with van der Waals surface area (Å²) in [5, 5.41) is 4.46. The van der Waals surface area contributed by atoms with Crippen molar-refractivity contribution in [1.29, 1.82) is 0 Å². The lowest BCUT2D eigenvalue weighted by molar-refractivity contribution is -0.144. The van der Waals surface area contributed by atoms with Gasteiger partial charge in [0.25, 0.3) is 0 Å². The van der Waals surface area contributed by atoms with E-state index in [2.05, 4.69) is 16.4 Å².